The van der Waals surface area contributed by atoms with Crippen molar-refractivity contribution in [2.24, 2.45) is 0 Å². The molecule has 18 heavy (non-hydrogen) atoms. The number of benzene rings is 1. The molecule has 1 rings (SSSR count). The summed E-state index contributed by atoms with van der Waals surface area (Å²) >= 11 is 5.56. The van der Waals surface area contributed by atoms with Gasteiger partial charge in [0.2, 0.25) is 0 Å². The Labute approximate surface area is 112 Å². The summed E-state index contributed by atoms with van der Waals surface area (Å²) in [4.78, 5) is 0. The third-order valence-corrected chi connectivity index (χ3v) is 2.98. The molecule has 0 saturated carbocycles. The first-order valence-corrected chi connectivity index (χ1v) is 6.25. The minimum Gasteiger partial charge on any atom is -0.390 e. The fourth-order valence-corrected chi connectivity index (χ4v) is 2.05. The Morgan fingerprint density at radius 2 is 1.67 bits per heavy atom. The van der Waals surface area contributed by atoms with Crippen molar-refractivity contribution < 1.29 is 19.7 Å². The lowest BCUT2D eigenvalue weighted by Crippen LogP contribution is -2.21. The van der Waals surface area contributed by atoms with E-state index in [-0.39, 0.29) is 0 Å². The molecule has 0 heterocycles. The van der Waals surface area contributed by atoms with Gasteiger partial charge in [-0.05, 0) is 12.0 Å². The molecule has 0 saturated heterocycles. The summed E-state index contributed by atoms with van der Waals surface area (Å²) < 4.78 is 10.4. The number of aliphatic hydroxyl groups excluding tert-OH is 2. The van der Waals surface area contributed by atoms with Gasteiger partial charge in [0.1, 0.15) is 6.10 Å². The van der Waals surface area contributed by atoms with E-state index >= 15 is 0 Å². The van der Waals surface area contributed by atoms with Crippen molar-refractivity contribution in [1.29, 1.82) is 0 Å². The van der Waals surface area contributed by atoms with Gasteiger partial charge in [-0.1, -0.05) is 24.3 Å². The molecule has 0 fully saturated rings. The molecule has 102 valence electrons. The lowest BCUT2D eigenvalue weighted by Gasteiger charge is -2.23. The van der Waals surface area contributed by atoms with Gasteiger partial charge in [0.25, 0.3) is 0 Å². The Morgan fingerprint density at radius 3 is 2.17 bits per heavy atom. The predicted octanol–water partition coefficient (Wildman–Crippen LogP) is 2.00. The van der Waals surface area contributed by atoms with E-state index in [0.29, 0.717) is 23.4 Å². The van der Waals surface area contributed by atoms with Crippen LogP contribution >= 0.6 is 11.6 Å². The summed E-state index contributed by atoms with van der Waals surface area (Å²) in [6, 6.07) is 7.15. The molecule has 0 radical (unpaired) electrons. The van der Waals surface area contributed by atoms with Crippen molar-refractivity contribution in [3.05, 3.63) is 35.4 Å². The third-order valence-electron chi connectivity index (χ3n) is 2.77. The standard InChI is InChI=1S/C13H19ClO4/c1-17-13(18-2)10-6-4-3-5-9(10)12(16)11(15)7-8-14/h3-6,11-13,15-16H,7-8H2,1-2H3. The summed E-state index contributed by atoms with van der Waals surface area (Å²) in [6.07, 6.45) is -2.16. The van der Waals surface area contributed by atoms with E-state index in [1.165, 1.54) is 14.2 Å². The maximum absolute atomic E-state index is 10.1. The number of aliphatic hydroxyl groups is 2. The first-order chi connectivity index (χ1) is 8.65. The fraction of sp³-hybridized carbons (Fsp3) is 0.538. The van der Waals surface area contributed by atoms with Crippen molar-refractivity contribution >= 4 is 11.6 Å². The molecular weight excluding hydrogens is 256 g/mol. The van der Waals surface area contributed by atoms with E-state index in [2.05, 4.69) is 0 Å². The van der Waals surface area contributed by atoms with E-state index in [0.717, 1.165) is 0 Å². The molecule has 1 aromatic carbocycles. The van der Waals surface area contributed by atoms with Crippen LogP contribution in [0, 0.1) is 0 Å². The molecule has 0 aliphatic heterocycles. The Bertz CT molecular complexity index is 355. The molecule has 5 heteroatoms. The molecule has 0 spiro atoms. The summed E-state index contributed by atoms with van der Waals surface area (Å²) in [5.74, 6) is 0.290. The van der Waals surface area contributed by atoms with Crippen LogP contribution in [0.2, 0.25) is 0 Å². The van der Waals surface area contributed by atoms with Crippen LogP contribution in [0.25, 0.3) is 0 Å². The molecule has 0 aromatic heterocycles. The van der Waals surface area contributed by atoms with Crippen molar-refractivity contribution in [2.75, 3.05) is 20.1 Å². The quantitative estimate of drug-likeness (QED) is 0.590. The maximum atomic E-state index is 10.1. The van der Waals surface area contributed by atoms with Crippen LogP contribution in [0.15, 0.2) is 24.3 Å². The summed E-state index contributed by atoms with van der Waals surface area (Å²) in [6.45, 7) is 0. The van der Waals surface area contributed by atoms with E-state index in [1.807, 2.05) is 6.07 Å². The number of hydrogen-bond acceptors (Lipinski definition) is 4. The van der Waals surface area contributed by atoms with Gasteiger partial charge in [0, 0.05) is 25.7 Å². The van der Waals surface area contributed by atoms with E-state index in [4.69, 9.17) is 21.1 Å². The molecule has 1 aromatic rings. The van der Waals surface area contributed by atoms with Crippen LogP contribution < -0.4 is 0 Å². The molecule has 2 atom stereocenters. The Balaban J connectivity index is 3.00. The highest BCUT2D eigenvalue weighted by molar-refractivity contribution is 6.17. The monoisotopic (exact) mass is 274 g/mol. The molecule has 0 aliphatic carbocycles. The van der Waals surface area contributed by atoms with E-state index in [9.17, 15) is 10.2 Å². The maximum Gasteiger partial charge on any atom is 0.183 e. The second-order valence-electron chi connectivity index (χ2n) is 3.92. The molecule has 4 nitrogen and oxygen atoms in total. The number of halogens is 1. The zero-order valence-corrected chi connectivity index (χ0v) is 11.3. The van der Waals surface area contributed by atoms with Crippen molar-refractivity contribution in [3.63, 3.8) is 0 Å². The van der Waals surface area contributed by atoms with Gasteiger partial charge in [0.15, 0.2) is 6.29 Å². The van der Waals surface area contributed by atoms with Gasteiger partial charge in [-0.25, -0.2) is 0 Å². The van der Waals surface area contributed by atoms with Crippen molar-refractivity contribution in [3.8, 4) is 0 Å². The first-order valence-electron chi connectivity index (χ1n) is 5.72. The fourth-order valence-electron chi connectivity index (χ4n) is 1.82. The summed E-state index contributed by atoms with van der Waals surface area (Å²) in [5.41, 5.74) is 1.28. The van der Waals surface area contributed by atoms with Gasteiger partial charge in [-0.2, -0.15) is 0 Å². The second-order valence-corrected chi connectivity index (χ2v) is 4.30. The topological polar surface area (TPSA) is 58.9 Å². The van der Waals surface area contributed by atoms with Crippen LogP contribution in [0.4, 0.5) is 0 Å². The van der Waals surface area contributed by atoms with E-state index in [1.54, 1.807) is 18.2 Å². The molecule has 2 N–H and O–H groups in total. The minimum absolute atomic E-state index is 0.290. The van der Waals surface area contributed by atoms with Crippen LogP contribution in [-0.2, 0) is 9.47 Å². The molecule has 0 aliphatic rings. The lowest BCUT2D eigenvalue weighted by molar-refractivity contribution is -0.108. The SMILES string of the molecule is COC(OC)c1ccccc1C(O)C(O)CCCl. The second kappa shape index (κ2) is 7.71. The molecule has 0 amide bonds. The van der Waals surface area contributed by atoms with Crippen molar-refractivity contribution in [2.45, 2.75) is 24.9 Å². The van der Waals surface area contributed by atoms with Gasteiger partial charge < -0.3 is 19.7 Å². The number of methoxy groups -OCH3 is 2. The van der Waals surface area contributed by atoms with Gasteiger partial charge in [-0.15, -0.1) is 11.6 Å². The lowest BCUT2D eigenvalue weighted by atomic mass is 9.97. The third kappa shape index (κ3) is 3.67. The van der Waals surface area contributed by atoms with Crippen molar-refractivity contribution in [1.82, 2.24) is 0 Å². The highest BCUT2D eigenvalue weighted by atomic mass is 35.5. The van der Waals surface area contributed by atoms with Crippen LogP contribution in [-0.4, -0.2) is 36.4 Å². The van der Waals surface area contributed by atoms with E-state index < -0.39 is 18.5 Å². The molecule has 2 unspecified atom stereocenters. The van der Waals surface area contributed by atoms with Gasteiger partial charge >= 0.3 is 0 Å². The molecule has 0 bridgehead atoms. The highest BCUT2D eigenvalue weighted by Crippen LogP contribution is 2.29. The summed E-state index contributed by atoms with van der Waals surface area (Å²) in [7, 11) is 3.04. The van der Waals surface area contributed by atoms with Gasteiger partial charge in [-0.3, -0.25) is 0 Å². The Kier molecular flexibility index (Phi) is 6.60. The summed E-state index contributed by atoms with van der Waals surface area (Å²) in [5, 5.41) is 19.9. The zero-order chi connectivity index (χ0) is 13.5. The Morgan fingerprint density at radius 1 is 1.11 bits per heavy atom. The van der Waals surface area contributed by atoms with Crippen LogP contribution in [0.3, 0.4) is 0 Å². The number of ether oxygens (including phenoxy) is 2. The number of hydrogen-bond donors (Lipinski definition) is 2. The molecular formula is C13H19ClO4. The Hall–Kier alpha value is -0.650. The average Bonchev–Trinajstić information content (AvgIpc) is 2.40. The minimum atomic E-state index is -1.01. The number of alkyl halides is 1. The predicted molar refractivity (Wildman–Crippen MR) is 69.5 cm³/mol. The zero-order valence-electron chi connectivity index (χ0n) is 10.5. The average molecular weight is 275 g/mol. The first kappa shape index (κ1) is 15.4. The number of rotatable bonds is 7. The highest BCUT2D eigenvalue weighted by Gasteiger charge is 2.23. The van der Waals surface area contributed by atoms with Crippen LogP contribution in [0.1, 0.15) is 29.9 Å². The van der Waals surface area contributed by atoms with Gasteiger partial charge in [0.05, 0.1) is 6.10 Å². The largest absolute Gasteiger partial charge is 0.390 e. The normalized spacial score (nSPS) is 14.8. The smallest absolute Gasteiger partial charge is 0.183 e. The van der Waals surface area contributed by atoms with Crippen LogP contribution in [0.5, 0.6) is 0 Å².